The first kappa shape index (κ1) is 22.0. The standard InChI is InChI=1S/C22H22ClFN6OS/c1-11(2)14-9-17(25-21-19(14)12(3)29-30(21)4)27-28-22(31)26-18-10-15(20(23)32-18)13-7-5-6-8-16(13)24/h5-11H,1-4H3,(H,25,27)(H2,26,28,31). The molecule has 3 N–H and O–H groups in total. The van der Waals surface area contributed by atoms with Gasteiger partial charge in [0.15, 0.2) is 5.65 Å². The van der Waals surface area contributed by atoms with Crippen LogP contribution in [0.3, 0.4) is 0 Å². The van der Waals surface area contributed by atoms with Gasteiger partial charge in [0.05, 0.1) is 10.7 Å². The fraction of sp³-hybridized carbons (Fsp3) is 0.227. The van der Waals surface area contributed by atoms with E-state index in [-0.39, 0.29) is 11.7 Å². The summed E-state index contributed by atoms with van der Waals surface area (Å²) in [6.45, 7) is 6.15. The van der Waals surface area contributed by atoms with Crippen molar-refractivity contribution < 1.29 is 9.18 Å². The van der Waals surface area contributed by atoms with Gasteiger partial charge in [-0.25, -0.2) is 14.2 Å². The Bertz CT molecular complexity index is 1320. The molecule has 0 aliphatic heterocycles. The number of urea groups is 1. The molecule has 0 aliphatic carbocycles. The number of nitrogens with one attached hydrogen (secondary N) is 3. The maximum absolute atomic E-state index is 14.1. The quantitative estimate of drug-likeness (QED) is 0.308. The molecule has 0 unspecified atom stereocenters. The van der Waals surface area contributed by atoms with Crippen molar-refractivity contribution in [1.82, 2.24) is 20.2 Å². The van der Waals surface area contributed by atoms with Gasteiger partial charge in [-0.05, 0) is 36.6 Å². The van der Waals surface area contributed by atoms with Gasteiger partial charge in [-0.3, -0.25) is 20.9 Å². The molecule has 32 heavy (non-hydrogen) atoms. The number of anilines is 2. The lowest BCUT2D eigenvalue weighted by atomic mass is 10.00. The summed E-state index contributed by atoms with van der Waals surface area (Å²) in [6.07, 6.45) is 0. The molecule has 166 valence electrons. The van der Waals surface area contributed by atoms with Crippen molar-refractivity contribution in [2.45, 2.75) is 26.7 Å². The molecule has 0 radical (unpaired) electrons. The number of thiophene rings is 1. The summed E-state index contributed by atoms with van der Waals surface area (Å²) < 4.78 is 16.2. The molecule has 0 saturated heterocycles. The highest BCUT2D eigenvalue weighted by molar-refractivity contribution is 7.20. The summed E-state index contributed by atoms with van der Waals surface area (Å²) >= 11 is 7.43. The second kappa shape index (κ2) is 8.76. The van der Waals surface area contributed by atoms with Crippen LogP contribution in [0.25, 0.3) is 22.2 Å². The van der Waals surface area contributed by atoms with Gasteiger partial charge >= 0.3 is 6.03 Å². The molecule has 3 aromatic heterocycles. The van der Waals surface area contributed by atoms with Crippen molar-refractivity contribution >= 4 is 50.8 Å². The molecule has 3 heterocycles. The van der Waals surface area contributed by atoms with Crippen molar-refractivity contribution in [3.05, 3.63) is 57.8 Å². The number of fused-ring (bicyclic) bond motifs is 1. The maximum Gasteiger partial charge on any atom is 0.338 e. The first-order valence-corrected chi connectivity index (χ1v) is 11.2. The maximum atomic E-state index is 14.1. The average molecular weight is 473 g/mol. The van der Waals surface area contributed by atoms with Crippen LogP contribution in [0.5, 0.6) is 0 Å². The van der Waals surface area contributed by atoms with E-state index in [1.54, 1.807) is 28.9 Å². The van der Waals surface area contributed by atoms with E-state index in [4.69, 9.17) is 11.6 Å². The summed E-state index contributed by atoms with van der Waals surface area (Å²) in [5.41, 5.74) is 9.07. The first-order chi connectivity index (χ1) is 15.2. The van der Waals surface area contributed by atoms with Crippen LogP contribution in [0, 0.1) is 12.7 Å². The fourth-order valence-electron chi connectivity index (χ4n) is 3.56. The Kier molecular flexibility index (Phi) is 6.03. The number of amides is 2. The first-order valence-electron chi connectivity index (χ1n) is 9.96. The number of halogens is 2. The highest BCUT2D eigenvalue weighted by Gasteiger charge is 2.17. The van der Waals surface area contributed by atoms with Crippen molar-refractivity contribution in [3.63, 3.8) is 0 Å². The van der Waals surface area contributed by atoms with E-state index in [9.17, 15) is 9.18 Å². The molecule has 0 spiro atoms. The average Bonchev–Trinajstić information content (AvgIpc) is 3.24. The zero-order valence-corrected chi connectivity index (χ0v) is 19.5. The second-order valence-electron chi connectivity index (χ2n) is 7.64. The van der Waals surface area contributed by atoms with Crippen molar-refractivity contribution in [2.75, 3.05) is 10.7 Å². The van der Waals surface area contributed by atoms with E-state index in [2.05, 4.69) is 40.1 Å². The normalized spacial score (nSPS) is 11.2. The molecular formula is C22H22ClFN6OS. The molecule has 1 aromatic carbocycles. The smallest absolute Gasteiger partial charge is 0.298 e. The Morgan fingerprint density at radius 2 is 1.97 bits per heavy atom. The van der Waals surface area contributed by atoms with E-state index in [0.717, 1.165) is 33.6 Å². The van der Waals surface area contributed by atoms with Crippen LogP contribution in [0.15, 0.2) is 36.4 Å². The van der Waals surface area contributed by atoms with E-state index in [1.165, 1.54) is 6.07 Å². The highest BCUT2D eigenvalue weighted by Crippen LogP contribution is 2.39. The zero-order chi connectivity index (χ0) is 23.0. The third kappa shape index (κ3) is 4.26. The minimum Gasteiger partial charge on any atom is -0.298 e. The van der Waals surface area contributed by atoms with Gasteiger partial charge in [0, 0.05) is 23.6 Å². The Morgan fingerprint density at radius 1 is 1.22 bits per heavy atom. The second-order valence-corrected chi connectivity index (χ2v) is 9.30. The van der Waals surface area contributed by atoms with E-state index < -0.39 is 6.03 Å². The molecular weight excluding hydrogens is 451 g/mol. The van der Waals surface area contributed by atoms with Crippen LogP contribution in [0.4, 0.5) is 20.0 Å². The van der Waals surface area contributed by atoms with Gasteiger partial charge in [0.2, 0.25) is 0 Å². The predicted octanol–water partition coefficient (Wildman–Crippen LogP) is 6.07. The summed E-state index contributed by atoms with van der Waals surface area (Å²) in [5.74, 6) is 0.371. The van der Waals surface area contributed by atoms with Crippen LogP contribution in [-0.2, 0) is 7.05 Å². The van der Waals surface area contributed by atoms with Crippen LogP contribution >= 0.6 is 22.9 Å². The largest absolute Gasteiger partial charge is 0.338 e. The molecule has 0 saturated carbocycles. The molecule has 0 fully saturated rings. The summed E-state index contributed by atoms with van der Waals surface area (Å²) in [6, 6.07) is 9.40. The SMILES string of the molecule is Cc1nn(C)c2nc(NNC(=O)Nc3cc(-c4ccccc4F)c(Cl)s3)cc(C(C)C)c12. The minimum absolute atomic E-state index is 0.253. The Hall–Kier alpha value is -3.17. The number of carbonyl (C=O) groups is 1. The molecule has 10 heteroatoms. The van der Waals surface area contributed by atoms with Gasteiger partial charge in [0.1, 0.15) is 16.0 Å². The number of aromatic nitrogens is 3. The van der Waals surface area contributed by atoms with Crippen molar-refractivity contribution in [3.8, 4) is 11.1 Å². The molecule has 7 nitrogen and oxygen atoms in total. The number of pyridine rings is 1. The summed E-state index contributed by atoms with van der Waals surface area (Å²) in [4.78, 5) is 17.0. The molecule has 0 atom stereocenters. The zero-order valence-electron chi connectivity index (χ0n) is 18.0. The van der Waals surface area contributed by atoms with Gasteiger partial charge in [-0.2, -0.15) is 5.10 Å². The summed E-state index contributed by atoms with van der Waals surface area (Å²) in [7, 11) is 1.84. The van der Waals surface area contributed by atoms with Crippen LogP contribution in [0.2, 0.25) is 4.34 Å². The van der Waals surface area contributed by atoms with Crippen LogP contribution in [-0.4, -0.2) is 20.8 Å². The van der Waals surface area contributed by atoms with Gasteiger partial charge in [0.25, 0.3) is 0 Å². The van der Waals surface area contributed by atoms with Crippen LogP contribution in [0.1, 0.15) is 31.0 Å². The lowest BCUT2D eigenvalue weighted by Crippen LogP contribution is -2.33. The fourth-order valence-corrected chi connectivity index (χ4v) is 4.75. The van der Waals surface area contributed by atoms with E-state index in [0.29, 0.717) is 26.3 Å². The number of hydrogen-bond donors (Lipinski definition) is 3. The number of rotatable bonds is 5. The van der Waals surface area contributed by atoms with Gasteiger partial charge in [-0.15, -0.1) is 11.3 Å². The van der Waals surface area contributed by atoms with Crippen LogP contribution < -0.4 is 16.2 Å². The monoisotopic (exact) mass is 472 g/mol. The molecule has 4 rings (SSSR count). The Morgan fingerprint density at radius 3 is 2.69 bits per heavy atom. The molecule has 2 amide bonds. The van der Waals surface area contributed by atoms with E-state index >= 15 is 0 Å². The number of benzene rings is 1. The molecule has 4 aromatic rings. The van der Waals surface area contributed by atoms with Crippen molar-refractivity contribution in [1.29, 1.82) is 0 Å². The topological polar surface area (TPSA) is 83.9 Å². The highest BCUT2D eigenvalue weighted by atomic mass is 35.5. The number of hydrazine groups is 1. The molecule has 0 bridgehead atoms. The number of aryl methyl sites for hydroxylation is 2. The Labute approximate surface area is 193 Å². The third-order valence-electron chi connectivity index (χ3n) is 5.01. The molecule has 0 aliphatic rings. The van der Waals surface area contributed by atoms with Crippen molar-refractivity contribution in [2.24, 2.45) is 7.05 Å². The predicted molar refractivity (Wildman–Crippen MR) is 128 cm³/mol. The number of carbonyl (C=O) groups excluding carboxylic acids is 1. The Balaban J connectivity index is 1.49. The van der Waals surface area contributed by atoms with Gasteiger partial charge < -0.3 is 0 Å². The van der Waals surface area contributed by atoms with E-state index in [1.807, 2.05) is 20.0 Å². The lowest BCUT2D eigenvalue weighted by Gasteiger charge is -2.13. The van der Waals surface area contributed by atoms with Gasteiger partial charge in [-0.1, -0.05) is 43.6 Å². The third-order valence-corrected chi connectivity index (χ3v) is 6.29. The summed E-state index contributed by atoms with van der Waals surface area (Å²) in [5, 5.41) is 8.67. The lowest BCUT2D eigenvalue weighted by molar-refractivity contribution is 0.254. The number of nitrogens with zero attached hydrogens (tertiary/aromatic N) is 3. The number of hydrogen-bond acceptors (Lipinski definition) is 5. The minimum atomic E-state index is -0.503.